The maximum absolute atomic E-state index is 6.23. The Morgan fingerprint density at radius 3 is 2.57 bits per heavy atom. The van der Waals surface area contributed by atoms with Crippen LogP contribution in [0.4, 0.5) is 0 Å². The predicted molar refractivity (Wildman–Crippen MR) is 106 cm³/mol. The fraction of sp³-hybridized carbons (Fsp3) is 0.368. The van der Waals surface area contributed by atoms with Gasteiger partial charge in [0.25, 0.3) is 0 Å². The van der Waals surface area contributed by atoms with Gasteiger partial charge in [0, 0.05) is 9.77 Å². The largest absolute Gasteiger partial charge is 0.306 e. The molecule has 2 aliphatic rings. The van der Waals surface area contributed by atoms with Crippen molar-refractivity contribution in [2.75, 3.05) is 20.1 Å². The van der Waals surface area contributed by atoms with Crippen molar-refractivity contribution < 1.29 is 0 Å². The molecule has 4 rings (SSSR count). The van der Waals surface area contributed by atoms with Gasteiger partial charge < -0.3 is 4.90 Å². The van der Waals surface area contributed by atoms with E-state index in [9.17, 15) is 0 Å². The molecule has 0 radical (unpaired) electrons. The summed E-state index contributed by atoms with van der Waals surface area (Å²) in [5.74, 6) is 0. The summed E-state index contributed by atoms with van der Waals surface area (Å²) in [6.45, 7) is 2.37. The number of thioether (sulfide) groups is 1. The van der Waals surface area contributed by atoms with Crippen molar-refractivity contribution in [2.24, 2.45) is 0 Å². The van der Waals surface area contributed by atoms with Crippen LogP contribution < -0.4 is 0 Å². The van der Waals surface area contributed by atoms with Gasteiger partial charge in [-0.25, -0.2) is 0 Å². The van der Waals surface area contributed by atoms with E-state index in [1.54, 1.807) is 5.56 Å². The standard InChI is InChI=1S/C19H20ClNS.BrH/c1-21-11-9-19(10-12-21)17-8-3-2-7-16(17)18(22-19)14-5-4-6-15(20)13-14;/h2-8,13,18H,9-12H2,1H3;1H. The smallest absolute Gasteiger partial charge is 0.0559 e. The Bertz CT molecular complexity index is 697. The van der Waals surface area contributed by atoms with Gasteiger partial charge in [-0.1, -0.05) is 48.0 Å². The number of fused-ring (bicyclic) bond motifs is 2. The Balaban J connectivity index is 0.00000156. The first-order valence-corrected chi connectivity index (χ1v) is 9.15. The lowest BCUT2D eigenvalue weighted by Gasteiger charge is -2.38. The van der Waals surface area contributed by atoms with Crippen LogP contribution in [-0.4, -0.2) is 25.0 Å². The summed E-state index contributed by atoms with van der Waals surface area (Å²) in [5.41, 5.74) is 4.37. The van der Waals surface area contributed by atoms with Crippen LogP contribution in [0.2, 0.25) is 5.02 Å². The van der Waals surface area contributed by atoms with Crippen LogP contribution in [0, 0.1) is 0 Å². The molecule has 1 spiro atoms. The molecule has 2 aromatic rings. The second kappa shape index (κ2) is 6.79. The Kier molecular flexibility index (Phi) is 5.12. The molecule has 2 heterocycles. The SMILES string of the molecule is Br.CN1CCC2(CC1)SC(c1cccc(Cl)c1)c1ccccc12. The van der Waals surface area contributed by atoms with E-state index >= 15 is 0 Å². The van der Waals surface area contributed by atoms with E-state index in [1.807, 2.05) is 6.07 Å². The third-order valence-corrected chi connectivity index (χ3v) is 7.10. The third-order valence-electron chi connectivity index (χ3n) is 5.02. The lowest BCUT2D eigenvalue weighted by atomic mass is 9.84. The molecule has 2 aromatic carbocycles. The molecule has 1 unspecified atom stereocenters. The summed E-state index contributed by atoms with van der Waals surface area (Å²) in [4.78, 5) is 2.45. The molecule has 1 atom stereocenters. The van der Waals surface area contributed by atoms with E-state index in [-0.39, 0.29) is 21.7 Å². The molecule has 1 nitrogen and oxygen atoms in total. The van der Waals surface area contributed by atoms with Crippen LogP contribution >= 0.6 is 40.3 Å². The number of nitrogens with zero attached hydrogens (tertiary/aromatic N) is 1. The molecule has 122 valence electrons. The molecular formula is C19H21BrClNS. The van der Waals surface area contributed by atoms with Crippen LogP contribution in [0.25, 0.3) is 0 Å². The summed E-state index contributed by atoms with van der Waals surface area (Å²) >= 11 is 8.37. The number of benzene rings is 2. The van der Waals surface area contributed by atoms with E-state index in [0.717, 1.165) is 5.02 Å². The maximum Gasteiger partial charge on any atom is 0.0559 e. The molecule has 0 N–H and O–H groups in total. The average Bonchev–Trinajstić information content (AvgIpc) is 2.86. The van der Waals surface area contributed by atoms with Crippen molar-refractivity contribution in [3.63, 3.8) is 0 Å². The molecule has 4 heteroatoms. The summed E-state index contributed by atoms with van der Waals surface area (Å²) in [6, 6.07) is 17.4. The minimum absolute atomic E-state index is 0. The van der Waals surface area contributed by atoms with Crippen LogP contribution in [0.1, 0.15) is 34.8 Å². The number of piperidine rings is 1. The Hall–Kier alpha value is -0.480. The Morgan fingerprint density at radius 1 is 1.09 bits per heavy atom. The third kappa shape index (κ3) is 3.09. The molecule has 0 bridgehead atoms. The van der Waals surface area contributed by atoms with E-state index in [4.69, 9.17) is 11.6 Å². The van der Waals surface area contributed by atoms with Gasteiger partial charge in [-0.3, -0.25) is 0 Å². The fourth-order valence-corrected chi connectivity index (χ4v) is 5.77. The van der Waals surface area contributed by atoms with Crippen molar-refractivity contribution in [2.45, 2.75) is 22.8 Å². The highest BCUT2D eigenvalue weighted by Gasteiger charge is 2.46. The molecular weight excluding hydrogens is 390 g/mol. The van der Waals surface area contributed by atoms with Crippen LogP contribution in [-0.2, 0) is 4.75 Å². The molecule has 0 saturated carbocycles. The lowest BCUT2D eigenvalue weighted by Crippen LogP contribution is -2.37. The summed E-state index contributed by atoms with van der Waals surface area (Å²) in [6.07, 6.45) is 2.48. The van der Waals surface area contributed by atoms with Crippen molar-refractivity contribution in [1.29, 1.82) is 0 Å². The first-order valence-electron chi connectivity index (χ1n) is 7.89. The van der Waals surface area contributed by atoms with Crippen molar-refractivity contribution in [3.8, 4) is 0 Å². The van der Waals surface area contributed by atoms with Crippen molar-refractivity contribution in [1.82, 2.24) is 4.90 Å². The Labute approximate surface area is 158 Å². The van der Waals surface area contributed by atoms with E-state index in [1.165, 1.54) is 37.1 Å². The summed E-state index contributed by atoms with van der Waals surface area (Å²) in [5, 5.41) is 1.25. The molecule has 1 saturated heterocycles. The zero-order valence-electron chi connectivity index (χ0n) is 13.2. The first kappa shape index (κ1) is 17.3. The number of hydrogen-bond donors (Lipinski definition) is 0. The monoisotopic (exact) mass is 409 g/mol. The maximum atomic E-state index is 6.23. The highest BCUT2D eigenvalue weighted by Crippen LogP contribution is 2.61. The zero-order valence-corrected chi connectivity index (χ0v) is 16.5. The Morgan fingerprint density at radius 2 is 1.83 bits per heavy atom. The number of rotatable bonds is 1. The summed E-state index contributed by atoms with van der Waals surface area (Å²) in [7, 11) is 2.23. The minimum Gasteiger partial charge on any atom is -0.306 e. The van der Waals surface area contributed by atoms with Gasteiger partial charge in [0.05, 0.1) is 5.25 Å². The van der Waals surface area contributed by atoms with Gasteiger partial charge in [-0.15, -0.1) is 28.7 Å². The predicted octanol–water partition coefficient (Wildman–Crippen LogP) is 5.68. The van der Waals surface area contributed by atoms with E-state index < -0.39 is 0 Å². The zero-order chi connectivity index (χ0) is 15.2. The van der Waals surface area contributed by atoms with Gasteiger partial charge in [0.2, 0.25) is 0 Å². The van der Waals surface area contributed by atoms with Crippen LogP contribution in [0.15, 0.2) is 48.5 Å². The molecule has 1 fully saturated rings. The highest BCUT2D eigenvalue weighted by molar-refractivity contribution is 8.93. The van der Waals surface area contributed by atoms with Crippen molar-refractivity contribution in [3.05, 3.63) is 70.2 Å². The number of hydrogen-bond acceptors (Lipinski definition) is 2. The van der Waals surface area contributed by atoms with Crippen LogP contribution in [0.5, 0.6) is 0 Å². The van der Waals surface area contributed by atoms with Gasteiger partial charge in [-0.05, 0) is 61.8 Å². The lowest BCUT2D eigenvalue weighted by molar-refractivity contribution is 0.241. The second-order valence-electron chi connectivity index (χ2n) is 6.44. The van der Waals surface area contributed by atoms with E-state index in [2.05, 4.69) is 66.2 Å². The quantitative estimate of drug-likeness (QED) is 0.595. The average molecular weight is 411 g/mol. The second-order valence-corrected chi connectivity index (χ2v) is 8.36. The molecule has 0 amide bonds. The van der Waals surface area contributed by atoms with E-state index in [0.29, 0.717) is 5.25 Å². The molecule has 0 aromatic heterocycles. The summed E-state index contributed by atoms with van der Waals surface area (Å²) < 4.78 is 0.288. The van der Waals surface area contributed by atoms with Gasteiger partial charge in [0.1, 0.15) is 0 Å². The first-order chi connectivity index (χ1) is 10.7. The van der Waals surface area contributed by atoms with Crippen molar-refractivity contribution >= 4 is 40.3 Å². The highest BCUT2D eigenvalue weighted by atomic mass is 79.9. The molecule has 0 aliphatic carbocycles. The minimum atomic E-state index is 0. The normalized spacial score (nSPS) is 22.6. The fourth-order valence-electron chi connectivity index (χ4n) is 3.78. The van der Waals surface area contributed by atoms with Gasteiger partial charge >= 0.3 is 0 Å². The number of halogens is 2. The topological polar surface area (TPSA) is 3.24 Å². The molecule has 23 heavy (non-hydrogen) atoms. The molecule has 2 aliphatic heterocycles. The van der Waals surface area contributed by atoms with Gasteiger partial charge in [0.15, 0.2) is 0 Å². The van der Waals surface area contributed by atoms with Gasteiger partial charge in [-0.2, -0.15) is 0 Å². The van der Waals surface area contributed by atoms with Crippen LogP contribution in [0.3, 0.4) is 0 Å². The number of likely N-dealkylation sites (tertiary alicyclic amines) is 1.